The monoisotopic (exact) mass is 297 g/mol. The minimum absolute atomic E-state index is 0.0269. The van der Waals surface area contributed by atoms with E-state index >= 15 is 0 Å². The molecule has 1 unspecified atom stereocenters. The lowest BCUT2D eigenvalue weighted by Crippen LogP contribution is -2.29. The standard InChI is InChI=1S/C15H20FNO4/c1-4-6-13(15(19)20-5-2)21-14(18)10-7-11(16)9(3)12(17)8-10/h7-8,13H,4-6,17H2,1-3H3. The predicted molar refractivity (Wildman–Crippen MR) is 76.3 cm³/mol. The highest BCUT2D eigenvalue weighted by Gasteiger charge is 2.24. The summed E-state index contributed by atoms with van der Waals surface area (Å²) in [6.07, 6.45) is -0.0109. The van der Waals surface area contributed by atoms with Crippen LogP contribution in [-0.4, -0.2) is 24.6 Å². The molecule has 0 fully saturated rings. The Morgan fingerprint density at radius 2 is 2.00 bits per heavy atom. The predicted octanol–water partition coefficient (Wildman–Crippen LogP) is 2.60. The SMILES string of the molecule is CCCC(OC(=O)c1cc(N)c(C)c(F)c1)C(=O)OCC. The molecule has 21 heavy (non-hydrogen) atoms. The second-order valence-electron chi connectivity index (χ2n) is 4.61. The summed E-state index contributed by atoms with van der Waals surface area (Å²) in [7, 11) is 0. The first-order valence-corrected chi connectivity index (χ1v) is 6.83. The molecule has 0 amide bonds. The zero-order valence-electron chi connectivity index (χ0n) is 12.4. The Labute approximate surface area is 123 Å². The van der Waals surface area contributed by atoms with Crippen LogP contribution >= 0.6 is 0 Å². The average molecular weight is 297 g/mol. The molecule has 1 aromatic rings. The van der Waals surface area contributed by atoms with E-state index in [-0.39, 0.29) is 23.4 Å². The van der Waals surface area contributed by atoms with Crippen LogP contribution in [-0.2, 0) is 14.3 Å². The number of halogens is 1. The first-order valence-electron chi connectivity index (χ1n) is 6.83. The van der Waals surface area contributed by atoms with Crippen molar-refractivity contribution >= 4 is 17.6 Å². The molecule has 116 valence electrons. The molecule has 1 aromatic carbocycles. The minimum atomic E-state index is -0.993. The van der Waals surface area contributed by atoms with Gasteiger partial charge in [0.2, 0.25) is 0 Å². The van der Waals surface area contributed by atoms with E-state index < -0.39 is 23.9 Å². The molecule has 0 bridgehead atoms. The number of nitrogens with two attached hydrogens (primary N) is 1. The Balaban J connectivity index is 2.89. The summed E-state index contributed by atoms with van der Waals surface area (Å²) >= 11 is 0. The Morgan fingerprint density at radius 1 is 1.33 bits per heavy atom. The van der Waals surface area contributed by atoms with E-state index in [9.17, 15) is 14.0 Å². The van der Waals surface area contributed by atoms with Gasteiger partial charge < -0.3 is 15.2 Å². The van der Waals surface area contributed by atoms with Crippen LogP contribution in [0.5, 0.6) is 0 Å². The number of anilines is 1. The van der Waals surface area contributed by atoms with Crippen molar-refractivity contribution in [3.63, 3.8) is 0 Å². The van der Waals surface area contributed by atoms with Crippen LogP contribution in [0.1, 0.15) is 42.6 Å². The third kappa shape index (κ3) is 4.44. The molecule has 0 saturated heterocycles. The zero-order chi connectivity index (χ0) is 16.0. The zero-order valence-corrected chi connectivity index (χ0v) is 12.4. The molecule has 0 spiro atoms. The van der Waals surface area contributed by atoms with Gasteiger partial charge in [0.1, 0.15) is 5.82 Å². The van der Waals surface area contributed by atoms with Crippen molar-refractivity contribution in [3.05, 3.63) is 29.1 Å². The Bertz CT molecular complexity index is 507. The van der Waals surface area contributed by atoms with E-state index in [4.69, 9.17) is 15.2 Å². The number of ether oxygens (including phenoxy) is 2. The molecule has 0 heterocycles. The second kappa shape index (κ2) is 7.61. The van der Waals surface area contributed by atoms with Crippen LogP contribution in [0, 0.1) is 12.7 Å². The highest BCUT2D eigenvalue weighted by molar-refractivity contribution is 5.92. The number of nitrogen functional groups attached to an aromatic ring is 1. The minimum Gasteiger partial charge on any atom is -0.463 e. The quantitative estimate of drug-likeness (QED) is 0.645. The second-order valence-corrected chi connectivity index (χ2v) is 4.61. The Morgan fingerprint density at radius 3 is 2.52 bits per heavy atom. The van der Waals surface area contributed by atoms with Crippen molar-refractivity contribution < 1.29 is 23.5 Å². The third-order valence-corrected chi connectivity index (χ3v) is 2.97. The highest BCUT2D eigenvalue weighted by Crippen LogP contribution is 2.19. The molecule has 0 aromatic heterocycles. The van der Waals surface area contributed by atoms with Crippen LogP contribution in [0.4, 0.5) is 10.1 Å². The van der Waals surface area contributed by atoms with E-state index in [0.717, 1.165) is 6.07 Å². The summed E-state index contributed by atoms with van der Waals surface area (Å²) in [5.41, 5.74) is 6.01. The molecular formula is C15H20FNO4. The van der Waals surface area contributed by atoms with Gasteiger partial charge in [-0.2, -0.15) is 0 Å². The molecule has 6 heteroatoms. The molecule has 2 N–H and O–H groups in total. The molecule has 0 aliphatic heterocycles. The van der Waals surface area contributed by atoms with Crippen molar-refractivity contribution in [3.8, 4) is 0 Å². The van der Waals surface area contributed by atoms with E-state index in [1.165, 1.54) is 13.0 Å². The first kappa shape index (κ1) is 16.9. The number of hydrogen-bond acceptors (Lipinski definition) is 5. The summed E-state index contributed by atoms with van der Waals surface area (Å²) in [5, 5.41) is 0. The highest BCUT2D eigenvalue weighted by atomic mass is 19.1. The van der Waals surface area contributed by atoms with Crippen molar-refractivity contribution in [1.29, 1.82) is 0 Å². The van der Waals surface area contributed by atoms with E-state index in [1.807, 2.05) is 6.92 Å². The summed E-state index contributed by atoms with van der Waals surface area (Å²) in [4.78, 5) is 23.7. The summed E-state index contributed by atoms with van der Waals surface area (Å²) in [6, 6.07) is 2.37. The molecule has 1 atom stereocenters. The lowest BCUT2D eigenvalue weighted by Gasteiger charge is -2.16. The Kier molecular flexibility index (Phi) is 6.14. The molecule has 0 saturated carbocycles. The van der Waals surface area contributed by atoms with E-state index in [2.05, 4.69) is 0 Å². The van der Waals surface area contributed by atoms with Gasteiger partial charge in [0.05, 0.1) is 12.2 Å². The first-order chi connectivity index (χ1) is 9.90. The van der Waals surface area contributed by atoms with Crippen LogP contribution in [0.25, 0.3) is 0 Å². The van der Waals surface area contributed by atoms with Gasteiger partial charge in [-0.3, -0.25) is 0 Å². The maximum Gasteiger partial charge on any atom is 0.347 e. The van der Waals surface area contributed by atoms with Gasteiger partial charge in [-0.05, 0) is 32.4 Å². The van der Waals surface area contributed by atoms with Crippen LogP contribution in [0.15, 0.2) is 12.1 Å². The fourth-order valence-electron chi connectivity index (χ4n) is 1.74. The van der Waals surface area contributed by atoms with E-state index in [1.54, 1.807) is 6.92 Å². The van der Waals surface area contributed by atoms with Crippen LogP contribution in [0.3, 0.4) is 0 Å². The van der Waals surface area contributed by atoms with Crippen molar-refractivity contribution in [2.75, 3.05) is 12.3 Å². The van der Waals surface area contributed by atoms with Crippen molar-refractivity contribution in [2.24, 2.45) is 0 Å². The summed E-state index contributed by atoms with van der Waals surface area (Å²) in [5.74, 6) is -1.99. The van der Waals surface area contributed by atoms with Gasteiger partial charge in [-0.1, -0.05) is 13.3 Å². The lowest BCUT2D eigenvalue weighted by molar-refractivity contribution is -0.153. The lowest BCUT2D eigenvalue weighted by atomic mass is 10.1. The number of carbonyl (C=O) groups excluding carboxylic acids is 2. The number of esters is 2. The van der Waals surface area contributed by atoms with Gasteiger partial charge in [-0.25, -0.2) is 14.0 Å². The fraction of sp³-hybridized carbons (Fsp3) is 0.467. The van der Waals surface area contributed by atoms with Gasteiger partial charge >= 0.3 is 11.9 Å². The van der Waals surface area contributed by atoms with Gasteiger partial charge in [-0.15, -0.1) is 0 Å². The molecule has 5 nitrogen and oxygen atoms in total. The van der Waals surface area contributed by atoms with Crippen LogP contribution < -0.4 is 5.73 Å². The van der Waals surface area contributed by atoms with Gasteiger partial charge in [0, 0.05) is 11.3 Å². The van der Waals surface area contributed by atoms with E-state index in [0.29, 0.717) is 12.8 Å². The number of rotatable bonds is 6. The smallest absolute Gasteiger partial charge is 0.347 e. The number of hydrogen-bond donors (Lipinski definition) is 1. The largest absolute Gasteiger partial charge is 0.463 e. The number of carbonyl (C=O) groups is 2. The topological polar surface area (TPSA) is 78.6 Å². The fourth-order valence-corrected chi connectivity index (χ4v) is 1.74. The van der Waals surface area contributed by atoms with Crippen LogP contribution in [0.2, 0.25) is 0 Å². The summed E-state index contributed by atoms with van der Waals surface area (Å²) < 4.78 is 23.5. The third-order valence-electron chi connectivity index (χ3n) is 2.97. The molecule has 0 radical (unpaired) electrons. The molecular weight excluding hydrogens is 277 g/mol. The number of benzene rings is 1. The normalized spacial score (nSPS) is 11.8. The molecule has 1 rings (SSSR count). The molecule has 0 aliphatic rings. The molecule has 0 aliphatic carbocycles. The Hall–Kier alpha value is -2.11. The van der Waals surface area contributed by atoms with Gasteiger partial charge in [0.25, 0.3) is 0 Å². The van der Waals surface area contributed by atoms with Crippen molar-refractivity contribution in [1.82, 2.24) is 0 Å². The average Bonchev–Trinajstić information content (AvgIpc) is 2.43. The maximum absolute atomic E-state index is 13.6. The van der Waals surface area contributed by atoms with Crippen molar-refractivity contribution in [2.45, 2.75) is 39.7 Å². The maximum atomic E-state index is 13.6. The summed E-state index contributed by atoms with van der Waals surface area (Å²) in [6.45, 7) is 5.23. The van der Waals surface area contributed by atoms with Gasteiger partial charge in [0.15, 0.2) is 6.10 Å².